The summed E-state index contributed by atoms with van der Waals surface area (Å²) in [7, 11) is 3.03. The van der Waals surface area contributed by atoms with Crippen LogP contribution in [0.1, 0.15) is 92.5 Å². The summed E-state index contributed by atoms with van der Waals surface area (Å²) in [5, 5.41) is 2.71. The van der Waals surface area contributed by atoms with Gasteiger partial charge in [0, 0.05) is 64.8 Å². The first kappa shape index (κ1) is 34.6. The fourth-order valence-electron chi connectivity index (χ4n) is 8.71. The highest BCUT2D eigenvalue weighted by molar-refractivity contribution is 8.02. The predicted octanol–water partition coefficient (Wildman–Crippen LogP) is 9.42. The van der Waals surface area contributed by atoms with E-state index in [2.05, 4.69) is 45.8 Å². The number of thioether (sulfide) groups is 1. The summed E-state index contributed by atoms with van der Waals surface area (Å²) in [6.45, 7) is 0. The lowest BCUT2D eigenvalue weighted by atomic mass is 9.84. The highest BCUT2D eigenvalue weighted by Crippen LogP contribution is 2.55. The van der Waals surface area contributed by atoms with Crippen molar-refractivity contribution in [3.8, 4) is 22.5 Å². The molecule has 8 heterocycles. The zero-order valence-corrected chi connectivity index (χ0v) is 34.8. The van der Waals surface area contributed by atoms with E-state index in [-0.39, 0.29) is 11.2 Å². The zero-order valence-electron chi connectivity index (χ0n) is 31.6. The fraction of sp³-hybridized carbons (Fsp3) is 0.381. The van der Waals surface area contributed by atoms with Gasteiger partial charge in [-0.1, -0.05) is 6.42 Å². The van der Waals surface area contributed by atoms with Crippen molar-refractivity contribution < 1.29 is 4.21 Å². The SMILES string of the molecule is Cn1cnc2ncc(-c3cc(C4CC4)c4c(N)c(SC5CCC5c5nc6ncc(-c7cc(C8CC8)c8c(N)c(S(=O)C9CCC9)sc8n7)cc6n5C)sc4n3)cc21. The average molecular weight is 829 g/mol. The molecule has 8 aromatic rings. The molecule has 0 radical (unpaired) electrons. The van der Waals surface area contributed by atoms with E-state index in [1.54, 1.807) is 17.7 Å². The lowest BCUT2D eigenvalue weighted by Gasteiger charge is -2.35. The normalized spacial score (nSPS) is 20.5. The molecule has 15 heteroatoms. The second-order valence-corrected chi connectivity index (χ2v) is 21.9. The number of fused-ring (bicyclic) bond motifs is 4. The maximum absolute atomic E-state index is 13.4. The Morgan fingerprint density at radius 2 is 1.39 bits per heavy atom. The number of pyridine rings is 4. The quantitative estimate of drug-likeness (QED) is 0.144. The number of hydrogen-bond donors (Lipinski definition) is 2. The first-order valence-corrected chi connectivity index (χ1v) is 23.6. The van der Waals surface area contributed by atoms with Gasteiger partial charge < -0.3 is 20.6 Å². The fourth-order valence-corrected chi connectivity index (χ4v) is 14.8. The van der Waals surface area contributed by atoms with Gasteiger partial charge in [-0.25, -0.2) is 29.9 Å². The van der Waals surface area contributed by atoms with Gasteiger partial charge >= 0.3 is 0 Å². The number of anilines is 2. The lowest BCUT2D eigenvalue weighted by molar-refractivity contribution is 0.410. The third kappa shape index (κ3) is 5.51. The Kier molecular flexibility index (Phi) is 7.75. The van der Waals surface area contributed by atoms with E-state index in [9.17, 15) is 4.21 Å². The summed E-state index contributed by atoms with van der Waals surface area (Å²) in [4.78, 5) is 31.3. The van der Waals surface area contributed by atoms with E-state index in [0.717, 1.165) is 130 Å². The standard InChI is InChI=1S/C42H40N10OS4/c1-51-18-47-36-29(51)12-21(16-45-36)27-14-25(19-6-7-19)32-34(43)41(55-39(32)48-27)54-31-11-10-24(31)38-50-37-30(52(38)2)13-22(17-46-37)28-15-26(20-8-9-20)33-35(44)42(56-40(33)49-28)57(53)23-4-3-5-23/h12-20,23-24,31H,3-11,43-44H2,1-2H3. The van der Waals surface area contributed by atoms with Gasteiger partial charge in [-0.2, -0.15) is 0 Å². The van der Waals surface area contributed by atoms with Gasteiger partial charge in [0.25, 0.3) is 0 Å². The summed E-state index contributed by atoms with van der Waals surface area (Å²) in [5.41, 5.74) is 25.1. The van der Waals surface area contributed by atoms with Crippen LogP contribution in [0.4, 0.5) is 11.4 Å². The molecular formula is C42H40N10OS4. The first-order valence-electron chi connectivity index (χ1n) is 19.9. The minimum Gasteiger partial charge on any atom is -0.397 e. The van der Waals surface area contributed by atoms with Crippen LogP contribution in [0.5, 0.6) is 0 Å². The molecule has 3 unspecified atom stereocenters. The number of hydrogen-bond acceptors (Lipinski definition) is 12. The molecule has 4 aliphatic rings. The van der Waals surface area contributed by atoms with E-state index < -0.39 is 10.8 Å². The van der Waals surface area contributed by atoms with Crippen molar-refractivity contribution in [2.24, 2.45) is 14.1 Å². The smallest absolute Gasteiger partial charge is 0.177 e. The van der Waals surface area contributed by atoms with E-state index in [4.69, 9.17) is 31.4 Å². The molecule has 3 atom stereocenters. The lowest BCUT2D eigenvalue weighted by Crippen LogP contribution is -2.28. The van der Waals surface area contributed by atoms with Gasteiger partial charge in [0.05, 0.1) is 55.1 Å². The molecule has 11 nitrogen and oxygen atoms in total. The summed E-state index contributed by atoms with van der Waals surface area (Å²) >= 11 is 5.13. The molecule has 4 saturated carbocycles. The highest BCUT2D eigenvalue weighted by Gasteiger charge is 2.38. The number of rotatable bonds is 9. The van der Waals surface area contributed by atoms with Crippen LogP contribution in [-0.4, -0.2) is 53.7 Å². The Labute approximate surface area is 343 Å². The Bertz CT molecular complexity index is 3000. The van der Waals surface area contributed by atoms with E-state index in [0.29, 0.717) is 22.8 Å². The molecule has 0 aromatic carbocycles. The van der Waals surface area contributed by atoms with Crippen LogP contribution < -0.4 is 11.5 Å². The number of thiophene rings is 2. The number of nitrogens with two attached hydrogens (primary N) is 2. The van der Waals surface area contributed by atoms with Gasteiger partial charge in [-0.3, -0.25) is 4.21 Å². The maximum Gasteiger partial charge on any atom is 0.177 e. The van der Waals surface area contributed by atoms with Crippen LogP contribution in [0.25, 0.3) is 65.3 Å². The van der Waals surface area contributed by atoms with Gasteiger partial charge in [0.2, 0.25) is 0 Å². The van der Waals surface area contributed by atoms with Crippen molar-refractivity contribution >= 4 is 99.4 Å². The minimum atomic E-state index is -1.08. The average Bonchev–Trinajstić information content (AvgIpc) is 4.10. The topological polar surface area (TPSA) is 156 Å². The second-order valence-electron chi connectivity index (χ2n) is 16.4. The molecule has 4 aliphatic carbocycles. The highest BCUT2D eigenvalue weighted by atomic mass is 32.2. The summed E-state index contributed by atoms with van der Waals surface area (Å²) in [5.74, 6) is 2.33. The molecule has 8 aromatic heterocycles. The second kappa shape index (κ2) is 12.8. The molecule has 0 amide bonds. The molecule has 0 saturated heterocycles. The molecule has 4 N–H and O–H groups in total. The molecule has 0 bridgehead atoms. The molecule has 12 rings (SSSR count). The number of imidazole rings is 2. The molecule has 288 valence electrons. The van der Waals surface area contributed by atoms with Crippen molar-refractivity contribution in [1.82, 2.24) is 39.0 Å². The van der Waals surface area contributed by atoms with Crippen molar-refractivity contribution in [2.75, 3.05) is 11.5 Å². The molecular weight excluding hydrogens is 789 g/mol. The van der Waals surface area contributed by atoms with Crippen LogP contribution in [-0.2, 0) is 24.9 Å². The van der Waals surface area contributed by atoms with Crippen molar-refractivity contribution in [2.45, 2.75) is 94.5 Å². The summed E-state index contributed by atoms with van der Waals surface area (Å²) in [6, 6.07) is 8.77. The molecule has 57 heavy (non-hydrogen) atoms. The Morgan fingerprint density at radius 1 is 0.737 bits per heavy atom. The van der Waals surface area contributed by atoms with E-state index in [1.165, 1.54) is 35.3 Å². The van der Waals surface area contributed by atoms with Crippen LogP contribution in [0.3, 0.4) is 0 Å². The van der Waals surface area contributed by atoms with Gasteiger partial charge in [-0.15, -0.1) is 34.4 Å². The number of aromatic nitrogens is 8. The minimum absolute atomic E-state index is 0.217. The molecule has 4 fully saturated rings. The van der Waals surface area contributed by atoms with Crippen LogP contribution >= 0.6 is 34.4 Å². The van der Waals surface area contributed by atoms with Gasteiger partial charge in [0.1, 0.15) is 19.7 Å². The van der Waals surface area contributed by atoms with Crippen LogP contribution in [0, 0.1) is 0 Å². The number of nitrogens with zero attached hydrogens (tertiary/aromatic N) is 8. The first-order chi connectivity index (χ1) is 27.8. The number of nitrogen functional groups attached to an aromatic ring is 2. The van der Waals surface area contributed by atoms with Gasteiger partial charge in [-0.05, 0) is 98.6 Å². The van der Waals surface area contributed by atoms with Gasteiger partial charge in [0.15, 0.2) is 11.3 Å². The van der Waals surface area contributed by atoms with Crippen LogP contribution in [0.2, 0.25) is 0 Å². The third-order valence-corrected chi connectivity index (χ3v) is 18.7. The predicted molar refractivity (Wildman–Crippen MR) is 233 cm³/mol. The van der Waals surface area contributed by atoms with Crippen LogP contribution in [0.15, 0.2) is 51.4 Å². The number of aryl methyl sites for hydroxylation is 2. The Balaban J connectivity index is 0.855. The maximum atomic E-state index is 13.4. The Morgan fingerprint density at radius 3 is 2.02 bits per heavy atom. The van der Waals surface area contributed by atoms with Crippen molar-refractivity contribution in [3.05, 3.63) is 59.9 Å². The largest absolute Gasteiger partial charge is 0.397 e. The monoisotopic (exact) mass is 828 g/mol. The molecule has 0 spiro atoms. The zero-order chi connectivity index (χ0) is 38.3. The van der Waals surface area contributed by atoms with E-state index >= 15 is 0 Å². The third-order valence-electron chi connectivity index (χ3n) is 12.7. The summed E-state index contributed by atoms with van der Waals surface area (Å²) in [6.07, 6.45) is 15.6. The van der Waals surface area contributed by atoms with Crippen molar-refractivity contribution in [3.63, 3.8) is 0 Å². The molecule has 0 aliphatic heterocycles. The van der Waals surface area contributed by atoms with E-state index in [1.807, 2.05) is 35.8 Å². The van der Waals surface area contributed by atoms with Crippen molar-refractivity contribution in [1.29, 1.82) is 0 Å². The Hall–Kier alpha value is -4.44. The summed E-state index contributed by atoms with van der Waals surface area (Å²) < 4.78 is 19.6.